The first-order chi connectivity index (χ1) is 6.18. The molecule has 0 atom stereocenters. The number of rotatable bonds is 1. The van der Waals surface area contributed by atoms with Gasteiger partial charge in [0, 0.05) is 23.7 Å². The average molecular weight is 174 g/mol. The second kappa shape index (κ2) is 2.69. The zero-order valence-corrected chi connectivity index (χ0v) is 7.61. The van der Waals surface area contributed by atoms with Crippen LogP contribution in [0.3, 0.4) is 0 Å². The van der Waals surface area contributed by atoms with Crippen molar-refractivity contribution in [3.8, 4) is 0 Å². The van der Waals surface area contributed by atoms with Gasteiger partial charge in [-0.1, -0.05) is 0 Å². The van der Waals surface area contributed by atoms with Crippen molar-refractivity contribution < 1.29 is 4.79 Å². The summed E-state index contributed by atoms with van der Waals surface area (Å²) in [7, 11) is 0. The van der Waals surface area contributed by atoms with E-state index in [4.69, 9.17) is 0 Å². The van der Waals surface area contributed by atoms with Crippen LogP contribution in [0.25, 0.3) is 5.65 Å². The lowest BCUT2D eigenvalue weighted by molar-refractivity contribution is 0.101. The van der Waals surface area contributed by atoms with Crippen LogP contribution in [0.4, 0.5) is 0 Å². The number of aryl methyl sites for hydroxylation is 1. The van der Waals surface area contributed by atoms with Crippen molar-refractivity contribution in [3.05, 3.63) is 35.8 Å². The number of hydrogen-bond acceptors (Lipinski definition) is 2. The standard InChI is InChI=1S/C10H10N2O/c1-7-5-11-10-4-3-9(8(2)13)6-12(7)10/h3-6H,1-2H3. The van der Waals surface area contributed by atoms with Gasteiger partial charge in [0.2, 0.25) is 0 Å². The second-order valence-corrected chi connectivity index (χ2v) is 3.10. The number of imidazole rings is 1. The Bertz CT molecular complexity index is 471. The van der Waals surface area contributed by atoms with E-state index in [0.29, 0.717) is 5.56 Å². The molecule has 0 aliphatic heterocycles. The summed E-state index contributed by atoms with van der Waals surface area (Å²) in [6, 6.07) is 3.65. The molecule has 0 aromatic carbocycles. The molecule has 2 heterocycles. The third kappa shape index (κ3) is 1.22. The molecular formula is C10H10N2O. The van der Waals surface area contributed by atoms with E-state index in [0.717, 1.165) is 11.3 Å². The van der Waals surface area contributed by atoms with Crippen molar-refractivity contribution in [2.45, 2.75) is 13.8 Å². The van der Waals surface area contributed by atoms with Crippen molar-refractivity contribution in [2.75, 3.05) is 0 Å². The molecule has 2 aromatic rings. The molecule has 0 N–H and O–H groups in total. The molecule has 0 spiro atoms. The Morgan fingerprint density at radius 1 is 1.46 bits per heavy atom. The maximum absolute atomic E-state index is 11.1. The molecule has 0 saturated carbocycles. The number of carbonyl (C=O) groups is 1. The first kappa shape index (κ1) is 7.98. The summed E-state index contributed by atoms with van der Waals surface area (Å²) >= 11 is 0. The van der Waals surface area contributed by atoms with E-state index in [-0.39, 0.29) is 5.78 Å². The number of Topliss-reactive ketones (excluding diaryl/α,β-unsaturated/α-hetero) is 1. The van der Waals surface area contributed by atoms with E-state index < -0.39 is 0 Å². The van der Waals surface area contributed by atoms with E-state index in [1.165, 1.54) is 0 Å². The largest absolute Gasteiger partial charge is 0.304 e. The lowest BCUT2D eigenvalue weighted by Crippen LogP contribution is -1.96. The number of aromatic nitrogens is 2. The van der Waals surface area contributed by atoms with Crippen LogP contribution in [0, 0.1) is 6.92 Å². The summed E-state index contributed by atoms with van der Waals surface area (Å²) in [6.07, 6.45) is 3.61. The summed E-state index contributed by atoms with van der Waals surface area (Å²) in [4.78, 5) is 15.3. The van der Waals surface area contributed by atoms with Crippen LogP contribution in [0.5, 0.6) is 0 Å². The lowest BCUT2D eigenvalue weighted by Gasteiger charge is -1.98. The highest BCUT2D eigenvalue weighted by molar-refractivity contribution is 5.94. The van der Waals surface area contributed by atoms with Gasteiger partial charge in [-0.2, -0.15) is 0 Å². The molecule has 13 heavy (non-hydrogen) atoms. The molecule has 2 rings (SSSR count). The first-order valence-electron chi connectivity index (χ1n) is 4.13. The van der Waals surface area contributed by atoms with Crippen LogP contribution in [0.2, 0.25) is 0 Å². The summed E-state index contributed by atoms with van der Waals surface area (Å²) in [5, 5.41) is 0. The smallest absolute Gasteiger partial charge is 0.161 e. The lowest BCUT2D eigenvalue weighted by atomic mass is 10.2. The maximum atomic E-state index is 11.1. The van der Waals surface area contributed by atoms with E-state index in [9.17, 15) is 4.79 Å². The van der Waals surface area contributed by atoms with Crippen molar-refractivity contribution in [1.82, 2.24) is 9.38 Å². The number of hydrogen-bond donors (Lipinski definition) is 0. The zero-order valence-electron chi connectivity index (χ0n) is 7.61. The van der Waals surface area contributed by atoms with Crippen LogP contribution in [0.1, 0.15) is 23.0 Å². The van der Waals surface area contributed by atoms with Crippen LogP contribution in [-0.2, 0) is 0 Å². The number of pyridine rings is 1. The summed E-state index contributed by atoms with van der Waals surface area (Å²) in [5.41, 5.74) is 2.63. The average Bonchev–Trinajstić information content (AvgIpc) is 2.47. The first-order valence-corrected chi connectivity index (χ1v) is 4.13. The third-order valence-corrected chi connectivity index (χ3v) is 2.10. The minimum Gasteiger partial charge on any atom is -0.304 e. The minimum atomic E-state index is 0.0787. The molecule has 0 bridgehead atoms. The highest BCUT2D eigenvalue weighted by Gasteiger charge is 2.02. The highest BCUT2D eigenvalue weighted by Crippen LogP contribution is 2.08. The van der Waals surface area contributed by atoms with Gasteiger partial charge in [0.25, 0.3) is 0 Å². The van der Waals surface area contributed by atoms with Gasteiger partial charge in [-0.3, -0.25) is 4.79 Å². The quantitative estimate of drug-likeness (QED) is 0.618. The van der Waals surface area contributed by atoms with Crippen LogP contribution in [0.15, 0.2) is 24.5 Å². The van der Waals surface area contributed by atoms with Crippen LogP contribution >= 0.6 is 0 Å². The molecule has 0 unspecified atom stereocenters. The number of fused-ring (bicyclic) bond motifs is 1. The van der Waals surface area contributed by atoms with Gasteiger partial charge in [-0.25, -0.2) is 4.98 Å². The van der Waals surface area contributed by atoms with Crippen molar-refractivity contribution in [1.29, 1.82) is 0 Å². The Balaban J connectivity index is 2.72. The van der Waals surface area contributed by atoms with Gasteiger partial charge in [0.15, 0.2) is 5.78 Å². The zero-order chi connectivity index (χ0) is 9.42. The number of carbonyl (C=O) groups excluding carboxylic acids is 1. The molecule has 0 saturated heterocycles. The summed E-state index contributed by atoms with van der Waals surface area (Å²) < 4.78 is 1.91. The van der Waals surface area contributed by atoms with E-state index >= 15 is 0 Å². The van der Waals surface area contributed by atoms with Gasteiger partial charge < -0.3 is 4.40 Å². The fourth-order valence-electron chi connectivity index (χ4n) is 1.31. The second-order valence-electron chi connectivity index (χ2n) is 3.10. The van der Waals surface area contributed by atoms with E-state index in [1.54, 1.807) is 19.2 Å². The molecule has 0 aliphatic carbocycles. The fourth-order valence-corrected chi connectivity index (χ4v) is 1.31. The minimum absolute atomic E-state index is 0.0787. The van der Waals surface area contributed by atoms with Crippen molar-refractivity contribution in [3.63, 3.8) is 0 Å². The van der Waals surface area contributed by atoms with Crippen LogP contribution in [-0.4, -0.2) is 15.2 Å². The molecule has 0 aliphatic rings. The Morgan fingerprint density at radius 2 is 2.23 bits per heavy atom. The third-order valence-electron chi connectivity index (χ3n) is 2.10. The molecular weight excluding hydrogens is 164 g/mol. The number of nitrogens with zero attached hydrogens (tertiary/aromatic N) is 2. The van der Waals surface area contributed by atoms with Gasteiger partial charge >= 0.3 is 0 Å². The molecule has 3 heteroatoms. The molecule has 3 nitrogen and oxygen atoms in total. The predicted molar refractivity (Wildman–Crippen MR) is 49.9 cm³/mol. The molecule has 0 radical (unpaired) electrons. The monoisotopic (exact) mass is 174 g/mol. The van der Waals surface area contributed by atoms with Crippen molar-refractivity contribution in [2.24, 2.45) is 0 Å². The Hall–Kier alpha value is -1.64. The fraction of sp³-hybridized carbons (Fsp3) is 0.200. The van der Waals surface area contributed by atoms with Gasteiger partial charge in [-0.15, -0.1) is 0 Å². The molecule has 0 amide bonds. The number of ketones is 1. The molecule has 0 fully saturated rings. The van der Waals surface area contributed by atoms with Crippen molar-refractivity contribution >= 4 is 11.4 Å². The predicted octanol–water partition coefficient (Wildman–Crippen LogP) is 1.85. The Kier molecular flexibility index (Phi) is 1.65. The molecule has 2 aromatic heterocycles. The Morgan fingerprint density at radius 3 is 2.92 bits per heavy atom. The van der Waals surface area contributed by atoms with E-state index in [1.807, 2.05) is 23.6 Å². The topological polar surface area (TPSA) is 34.4 Å². The van der Waals surface area contributed by atoms with Gasteiger partial charge in [0.1, 0.15) is 5.65 Å². The molecule has 66 valence electrons. The SMILES string of the molecule is CC(=O)c1ccc2ncc(C)n2c1. The summed E-state index contributed by atoms with van der Waals surface area (Å²) in [6.45, 7) is 3.53. The Labute approximate surface area is 76.0 Å². The maximum Gasteiger partial charge on any atom is 0.161 e. The normalized spacial score (nSPS) is 10.6. The van der Waals surface area contributed by atoms with Gasteiger partial charge in [-0.05, 0) is 26.0 Å². The highest BCUT2D eigenvalue weighted by atomic mass is 16.1. The van der Waals surface area contributed by atoms with Crippen LogP contribution < -0.4 is 0 Å². The van der Waals surface area contributed by atoms with Gasteiger partial charge in [0.05, 0.1) is 0 Å². The summed E-state index contributed by atoms with van der Waals surface area (Å²) in [5.74, 6) is 0.0787. The van der Waals surface area contributed by atoms with E-state index in [2.05, 4.69) is 4.98 Å².